The van der Waals surface area contributed by atoms with Crippen molar-refractivity contribution >= 4 is 22.5 Å². The van der Waals surface area contributed by atoms with E-state index in [0.29, 0.717) is 30.9 Å². The van der Waals surface area contributed by atoms with E-state index in [1.165, 1.54) is 0 Å². The molecule has 1 amide bonds. The molecule has 7 heteroatoms. The van der Waals surface area contributed by atoms with Gasteiger partial charge in [0.05, 0.1) is 17.8 Å². The van der Waals surface area contributed by atoms with E-state index in [4.69, 9.17) is 0 Å². The van der Waals surface area contributed by atoms with Gasteiger partial charge in [0.25, 0.3) is 5.91 Å². The fraction of sp³-hybridized carbons (Fsp3) is 0.238. The van der Waals surface area contributed by atoms with Crippen LogP contribution in [0.1, 0.15) is 16.1 Å². The van der Waals surface area contributed by atoms with Gasteiger partial charge in [-0.2, -0.15) is 5.10 Å². The number of para-hydroxylation sites is 1. The van der Waals surface area contributed by atoms with Crippen LogP contribution in [0.2, 0.25) is 0 Å². The molecular formula is C21H19N5O2. The first-order valence-electron chi connectivity index (χ1n) is 9.29. The zero-order valence-electron chi connectivity index (χ0n) is 15.1. The van der Waals surface area contributed by atoms with Crippen LogP contribution in [0.15, 0.2) is 61.1 Å². The number of benzene rings is 1. The van der Waals surface area contributed by atoms with Crippen LogP contribution in [-0.4, -0.2) is 54.7 Å². The molecule has 1 fully saturated rings. The molecule has 0 aliphatic carbocycles. The van der Waals surface area contributed by atoms with Crippen molar-refractivity contribution in [2.45, 2.75) is 12.5 Å². The fourth-order valence-electron chi connectivity index (χ4n) is 3.97. The summed E-state index contributed by atoms with van der Waals surface area (Å²) in [5.74, 6) is -0.186. The third-order valence-corrected chi connectivity index (χ3v) is 5.41. The van der Waals surface area contributed by atoms with Gasteiger partial charge in [0.15, 0.2) is 11.3 Å². The van der Waals surface area contributed by atoms with Gasteiger partial charge in [-0.05, 0) is 36.2 Å². The van der Waals surface area contributed by atoms with E-state index in [1.807, 2.05) is 30.3 Å². The lowest BCUT2D eigenvalue weighted by Gasteiger charge is -2.16. The summed E-state index contributed by atoms with van der Waals surface area (Å²) >= 11 is 0. The number of hydrogen-bond donors (Lipinski definition) is 1. The number of β-amino-alcohol motifs (C(OH)–C–C–N with tert-alkyl or cyclic N) is 1. The Bertz CT molecular complexity index is 1170. The molecule has 0 spiro atoms. The van der Waals surface area contributed by atoms with Crippen LogP contribution in [-0.2, 0) is 6.42 Å². The van der Waals surface area contributed by atoms with Crippen LogP contribution in [0, 0.1) is 5.92 Å². The minimum atomic E-state index is -0.567. The minimum absolute atomic E-state index is 0.0260. The van der Waals surface area contributed by atoms with Gasteiger partial charge in [-0.15, -0.1) is 0 Å². The number of rotatable bonds is 3. The number of carbonyl (C=O) groups excluding carboxylic acids is 1. The van der Waals surface area contributed by atoms with E-state index in [2.05, 4.69) is 15.1 Å². The van der Waals surface area contributed by atoms with Crippen molar-refractivity contribution in [2.75, 3.05) is 13.1 Å². The average molecular weight is 373 g/mol. The van der Waals surface area contributed by atoms with Gasteiger partial charge in [-0.1, -0.05) is 18.2 Å². The summed E-state index contributed by atoms with van der Waals surface area (Å²) in [7, 11) is 0. The molecule has 28 heavy (non-hydrogen) atoms. The monoisotopic (exact) mass is 373 g/mol. The molecule has 1 aliphatic rings. The summed E-state index contributed by atoms with van der Waals surface area (Å²) in [4.78, 5) is 23.3. The number of amides is 1. The van der Waals surface area contributed by atoms with Crippen molar-refractivity contribution in [3.63, 3.8) is 0 Å². The molecule has 1 aliphatic heterocycles. The highest BCUT2D eigenvalue weighted by atomic mass is 16.3. The average Bonchev–Trinajstić information content (AvgIpc) is 3.32. The predicted molar refractivity (Wildman–Crippen MR) is 104 cm³/mol. The maximum atomic E-state index is 13.0. The first kappa shape index (κ1) is 16.8. The first-order chi connectivity index (χ1) is 13.7. The van der Waals surface area contributed by atoms with Crippen LogP contribution in [0.4, 0.5) is 0 Å². The number of carbonyl (C=O) groups is 1. The summed E-state index contributed by atoms with van der Waals surface area (Å²) in [5.41, 5.74) is 3.13. The van der Waals surface area contributed by atoms with Gasteiger partial charge >= 0.3 is 0 Å². The molecule has 4 aromatic rings. The minimum Gasteiger partial charge on any atom is -0.391 e. The Morgan fingerprint density at radius 1 is 1.07 bits per heavy atom. The molecule has 4 heterocycles. The van der Waals surface area contributed by atoms with Crippen molar-refractivity contribution in [3.8, 4) is 0 Å². The van der Waals surface area contributed by atoms with Gasteiger partial charge in [0, 0.05) is 36.8 Å². The van der Waals surface area contributed by atoms with E-state index in [0.717, 1.165) is 16.5 Å². The standard InChI is InChI=1S/C21H19N5O2/c27-19-13-25(21(28)18-11-23-20-6-3-8-24-26(18)20)12-15(19)10-14-7-9-22-17-5-2-1-4-16(14)17/h1-9,11,15,19,27H,10,12-13H2/t15-,19-/m1/s1. The second-order valence-corrected chi connectivity index (χ2v) is 7.17. The zero-order chi connectivity index (χ0) is 19.1. The Kier molecular flexibility index (Phi) is 4.02. The highest BCUT2D eigenvalue weighted by molar-refractivity contribution is 5.93. The van der Waals surface area contributed by atoms with Crippen molar-refractivity contribution in [2.24, 2.45) is 5.92 Å². The molecule has 3 aromatic heterocycles. The number of nitrogens with zero attached hydrogens (tertiary/aromatic N) is 5. The highest BCUT2D eigenvalue weighted by Crippen LogP contribution is 2.26. The van der Waals surface area contributed by atoms with Crippen LogP contribution in [0.3, 0.4) is 0 Å². The van der Waals surface area contributed by atoms with E-state index in [1.54, 1.807) is 40.1 Å². The van der Waals surface area contributed by atoms with Crippen LogP contribution >= 0.6 is 0 Å². The van der Waals surface area contributed by atoms with Gasteiger partial charge in [-0.3, -0.25) is 9.78 Å². The number of aliphatic hydroxyl groups excluding tert-OH is 1. The van der Waals surface area contributed by atoms with Crippen molar-refractivity contribution in [3.05, 3.63) is 72.3 Å². The van der Waals surface area contributed by atoms with Crippen LogP contribution < -0.4 is 0 Å². The van der Waals surface area contributed by atoms with E-state index in [9.17, 15) is 9.90 Å². The Morgan fingerprint density at radius 3 is 2.89 bits per heavy atom. The fourth-order valence-corrected chi connectivity index (χ4v) is 3.97. The number of aromatic nitrogens is 4. The second kappa shape index (κ2) is 6.69. The summed E-state index contributed by atoms with van der Waals surface area (Å²) in [6.45, 7) is 0.809. The molecule has 2 atom stereocenters. The van der Waals surface area contributed by atoms with Crippen LogP contribution in [0.5, 0.6) is 0 Å². The zero-order valence-corrected chi connectivity index (χ0v) is 15.1. The Hall–Kier alpha value is -3.32. The summed E-state index contributed by atoms with van der Waals surface area (Å²) < 4.78 is 1.54. The number of aliphatic hydroxyl groups is 1. The quantitative estimate of drug-likeness (QED) is 0.593. The highest BCUT2D eigenvalue weighted by Gasteiger charge is 2.35. The Morgan fingerprint density at radius 2 is 1.96 bits per heavy atom. The van der Waals surface area contributed by atoms with Crippen molar-refractivity contribution in [1.82, 2.24) is 24.5 Å². The number of fused-ring (bicyclic) bond motifs is 2. The van der Waals surface area contributed by atoms with Gasteiger partial charge in [0.1, 0.15) is 0 Å². The van der Waals surface area contributed by atoms with E-state index >= 15 is 0 Å². The SMILES string of the molecule is O=C(c1cnc2cccnn12)N1C[C@@H](Cc2ccnc3ccccc23)[C@H](O)C1. The molecule has 1 aromatic carbocycles. The molecular weight excluding hydrogens is 354 g/mol. The molecule has 140 valence electrons. The first-order valence-corrected chi connectivity index (χ1v) is 9.29. The van der Waals surface area contributed by atoms with Gasteiger partial charge in [-0.25, -0.2) is 9.50 Å². The normalized spacial score (nSPS) is 19.5. The molecule has 5 rings (SSSR count). The molecule has 1 N–H and O–H groups in total. The largest absolute Gasteiger partial charge is 0.391 e. The lowest BCUT2D eigenvalue weighted by atomic mass is 9.94. The lowest BCUT2D eigenvalue weighted by molar-refractivity contribution is 0.0756. The third-order valence-electron chi connectivity index (χ3n) is 5.41. The van der Waals surface area contributed by atoms with Crippen molar-refractivity contribution in [1.29, 1.82) is 0 Å². The molecule has 0 radical (unpaired) electrons. The number of pyridine rings is 1. The third kappa shape index (κ3) is 2.80. The smallest absolute Gasteiger partial charge is 0.274 e. The molecule has 0 bridgehead atoms. The summed E-state index contributed by atoms with van der Waals surface area (Å²) in [6, 6.07) is 13.6. The summed E-state index contributed by atoms with van der Waals surface area (Å²) in [6.07, 6.45) is 5.09. The number of hydrogen-bond acceptors (Lipinski definition) is 5. The second-order valence-electron chi connectivity index (χ2n) is 7.17. The maximum Gasteiger partial charge on any atom is 0.274 e. The maximum absolute atomic E-state index is 13.0. The number of likely N-dealkylation sites (tertiary alicyclic amines) is 1. The lowest BCUT2D eigenvalue weighted by Crippen LogP contribution is -2.30. The molecule has 0 unspecified atom stereocenters. The Balaban J connectivity index is 1.38. The molecule has 0 saturated carbocycles. The summed E-state index contributed by atoms with van der Waals surface area (Å²) in [5, 5.41) is 15.9. The Labute approximate surface area is 161 Å². The van der Waals surface area contributed by atoms with Crippen LogP contribution in [0.25, 0.3) is 16.6 Å². The van der Waals surface area contributed by atoms with Gasteiger partial charge in [0.2, 0.25) is 0 Å². The number of imidazole rings is 1. The van der Waals surface area contributed by atoms with Gasteiger partial charge < -0.3 is 10.0 Å². The van der Waals surface area contributed by atoms with E-state index in [-0.39, 0.29) is 11.8 Å². The molecule has 1 saturated heterocycles. The van der Waals surface area contributed by atoms with E-state index < -0.39 is 6.10 Å². The topological polar surface area (TPSA) is 83.6 Å². The predicted octanol–water partition coefficient (Wildman–Crippen LogP) is 1.95. The van der Waals surface area contributed by atoms with Crippen molar-refractivity contribution < 1.29 is 9.90 Å². The molecule has 7 nitrogen and oxygen atoms in total.